The first kappa shape index (κ1) is 17.1. The molecule has 28 heavy (non-hydrogen) atoms. The molecule has 1 atom stereocenters. The van der Waals surface area contributed by atoms with E-state index >= 15 is 0 Å². The second-order valence-corrected chi connectivity index (χ2v) is 6.94. The number of hydrogen-bond donors (Lipinski definition) is 1. The minimum Gasteiger partial charge on any atom is -0.485 e. The number of nitrogens with zero attached hydrogens (tertiary/aromatic N) is 2. The molecule has 2 aromatic carbocycles. The lowest BCUT2D eigenvalue weighted by Gasteiger charge is -2.24. The molecule has 2 aliphatic rings. The van der Waals surface area contributed by atoms with Crippen molar-refractivity contribution in [2.75, 3.05) is 31.7 Å². The molecule has 1 saturated heterocycles. The van der Waals surface area contributed by atoms with Crippen LogP contribution in [0.15, 0.2) is 36.7 Å². The number of aryl methyl sites for hydroxylation is 1. The van der Waals surface area contributed by atoms with Gasteiger partial charge in [0.25, 0.3) is 0 Å². The molecule has 3 aromatic rings. The minimum atomic E-state index is 0.0128. The molecule has 0 radical (unpaired) electrons. The molecule has 1 N–H and O–H groups in total. The fourth-order valence-corrected chi connectivity index (χ4v) is 3.54. The first-order valence-corrected chi connectivity index (χ1v) is 9.43. The predicted molar refractivity (Wildman–Crippen MR) is 105 cm³/mol. The Morgan fingerprint density at radius 3 is 2.79 bits per heavy atom. The van der Waals surface area contributed by atoms with E-state index in [4.69, 9.17) is 18.9 Å². The van der Waals surface area contributed by atoms with E-state index in [1.807, 2.05) is 18.2 Å². The van der Waals surface area contributed by atoms with Crippen LogP contribution in [-0.2, 0) is 4.74 Å². The summed E-state index contributed by atoms with van der Waals surface area (Å²) in [4.78, 5) is 8.90. The number of fused-ring (bicyclic) bond motifs is 3. The van der Waals surface area contributed by atoms with E-state index < -0.39 is 0 Å². The zero-order valence-electron chi connectivity index (χ0n) is 15.6. The summed E-state index contributed by atoms with van der Waals surface area (Å²) >= 11 is 0. The van der Waals surface area contributed by atoms with Crippen LogP contribution in [0.1, 0.15) is 12.0 Å². The van der Waals surface area contributed by atoms with Crippen molar-refractivity contribution in [2.24, 2.45) is 0 Å². The zero-order valence-corrected chi connectivity index (χ0v) is 15.6. The van der Waals surface area contributed by atoms with E-state index in [0.717, 1.165) is 23.0 Å². The van der Waals surface area contributed by atoms with Crippen LogP contribution in [0, 0.1) is 6.92 Å². The highest BCUT2D eigenvalue weighted by Crippen LogP contribution is 2.47. The van der Waals surface area contributed by atoms with Crippen molar-refractivity contribution in [3.63, 3.8) is 0 Å². The number of hydrogen-bond acceptors (Lipinski definition) is 7. The van der Waals surface area contributed by atoms with Crippen LogP contribution in [0.2, 0.25) is 0 Å². The van der Waals surface area contributed by atoms with Crippen molar-refractivity contribution >= 4 is 22.4 Å². The average molecular weight is 379 g/mol. The average Bonchev–Trinajstić information content (AvgIpc) is 3.21. The molecular weight excluding hydrogens is 358 g/mol. The van der Waals surface area contributed by atoms with Crippen molar-refractivity contribution in [3.05, 3.63) is 42.2 Å². The minimum absolute atomic E-state index is 0.0128. The Kier molecular flexibility index (Phi) is 4.37. The highest BCUT2D eigenvalue weighted by Gasteiger charge is 2.27. The van der Waals surface area contributed by atoms with Crippen LogP contribution < -0.4 is 19.5 Å². The van der Waals surface area contributed by atoms with Crippen molar-refractivity contribution in [3.8, 4) is 17.2 Å². The van der Waals surface area contributed by atoms with Crippen LogP contribution >= 0.6 is 0 Å². The van der Waals surface area contributed by atoms with Gasteiger partial charge >= 0.3 is 0 Å². The van der Waals surface area contributed by atoms with Gasteiger partial charge in [-0.1, -0.05) is 12.1 Å². The highest BCUT2D eigenvalue weighted by atomic mass is 16.6. The van der Waals surface area contributed by atoms with Gasteiger partial charge in [0.1, 0.15) is 31.5 Å². The van der Waals surface area contributed by atoms with Crippen LogP contribution in [0.4, 0.5) is 11.5 Å². The zero-order chi connectivity index (χ0) is 18.9. The van der Waals surface area contributed by atoms with Gasteiger partial charge in [-0.3, -0.25) is 0 Å². The monoisotopic (exact) mass is 379 g/mol. The van der Waals surface area contributed by atoms with Crippen LogP contribution in [-0.4, -0.2) is 42.5 Å². The molecule has 7 heteroatoms. The summed E-state index contributed by atoms with van der Waals surface area (Å²) in [6, 6.07) is 10.0. The van der Waals surface area contributed by atoms with Gasteiger partial charge in [0.2, 0.25) is 5.75 Å². The largest absolute Gasteiger partial charge is 0.485 e. The maximum absolute atomic E-state index is 6.14. The highest BCUT2D eigenvalue weighted by molar-refractivity contribution is 5.99. The van der Waals surface area contributed by atoms with E-state index in [-0.39, 0.29) is 6.10 Å². The number of aromatic nitrogens is 2. The molecule has 144 valence electrons. The summed E-state index contributed by atoms with van der Waals surface area (Å²) in [7, 11) is 0. The predicted octanol–water partition coefficient (Wildman–Crippen LogP) is 3.62. The number of anilines is 2. The SMILES string of the molecule is Cc1cccc(Nc2ncnc3cc(OC4CCOC4)c4c(c23)OCCO4)c1. The molecule has 1 unspecified atom stereocenters. The Labute approximate surface area is 162 Å². The first-order valence-electron chi connectivity index (χ1n) is 9.43. The smallest absolute Gasteiger partial charge is 0.204 e. The molecule has 0 spiro atoms. The molecule has 0 aliphatic carbocycles. The molecule has 5 rings (SSSR count). The fourth-order valence-electron chi connectivity index (χ4n) is 3.54. The van der Waals surface area contributed by atoms with E-state index in [1.54, 1.807) is 6.33 Å². The van der Waals surface area contributed by atoms with Gasteiger partial charge in [-0.2, -0.15) is 0 Å². The Morgan fingerprint density at radius 1 is 1.07 bits per heavy atom. The number of nitrogens with one attached hydrogen (secondary N) is 1. The number of ether oxygens (including phenoxy) is 4. The van der Waals surface area contributed by atoms with Crippen LogP contribution in [0.25, 0.3) is 10.9 Å². The third-order valence-electron chi connectivity index (χ3n) is 4.84. The van der Waals surface area contributed by atoms with E-state index in [9.17, 15) is 0 Å². The van der Waals surface area contributed by atoms with Crippen molar-refractivity contribution < 1.29 is 18.9 Å². The van der Waals surface area contributed by atoms with Gasteiger partial charge in [0, 0.05) is 18.2 Å². The lowest BCUT2D eigenvalue weighted by Crippen LogP contribution is -2.20. The first-order chi connectivity index (χ1) is 13.8. The molecule has 0 amide bonds. The molecule has 0 bridgehead atoms. The fraction of sp³-hybridized carbons (Fsp3) is 0.333. The molecule has 3 heterocycles. The molecule has 7 nitrogen and oxygen atoms in total. The van der Waals surface area contributed by atoms with Crippen LogP contribution in [0.5, 0.6) is 17.2 Å². The second-order valence-electron chi connectivity index (χ2n) is 6.94. The lowest BCUT2D eigenvalue weighted by atomic mass is 10.1. The lowest BCUT2D eigenvalue weighted by molar-refractivity contribution is 0.128. The molecule has 2 aliphatic heterocycles. The Hall–Kier alpha value is -3.06. The van der Waals surface area contributed by atoms with E-state index in [1.165, 1.54) is 5.56 Å². The molecule has 1 aromatic heterocycles. The molecular formula is C21H21N3O4. The van der Waals surface area contributed by atoms with E-state index in [0.29, 0.717) is 49.5 Å². The van der Waals surface area contributed by atoms with Gasteiger partial charge in [0.15, 0.2) is 11.5 Å². The second kappa shape index (κ2) is 7.16. The summed E-state index contributed by atoms with van der Waals surface area (Å²) in [5.41, 5.74) is 2.86. The van der Waals surface area contributed by atoms with Crippen molar-refractivity contribution in [1.82, 2.24) is 9.97 Å². The van der Waals surface area contributed by atoms with Gasteiger partial charge in [0.05, 0.1) is 24.1 Å². The van der Waals surface area contributed by atoms with Gasteiger partial charge in [-0.25, -0.2) is 9.97 Å². The van der Waals surface area contributed by atoms with Crippen LogP contribution in [0.3, 0.4) is 0 Å². The summed E-state index contributed by atoms with van der Waals surface area (Å²) in [6.45, 7) is 4.29. The van der Waals surface area contributed by atoms with Gasteiger partial charge < -0.3 is 24.3 Å². The Bertz CT molecular complexity index is 1020. The van der Waals surface area contributed by atoms with Gasteiger partial charge in [-0.15, -0.1) is 0 Å². The van der Waals surface area contributed by atoms with Crippen molar-refractivity contribution in [1.29, 1.82) is 0 Å². The third kappa shape index (κ3) is 3.18. The summed E-state index contributed by atoms with van der Waals surface area (Å²) in [6.07, 6.45) is 2.41. The Morgan fingerprint density at radius 2 is 1.96 bits per heavy atom. The maximum atomic E-state index is 6.14. The summed E-state index contributed by atoms with van der Waals surface area (Å²) < 4.78 is 23.5. The quantitative estimate of drug-likeness (QED) is 0.742. The topological polar surface area (TPSA) is 74.7 Å². The van der Waals surface area contributed by atoms with Crippen molar-refractivity contribution in [2.45, 2.75) is 19.4 Å². The number of rotatable bonds is 4. The third-order valence-corrected chi connectivity index (χ3v) is 4.84. The normalized spacial score (nSPS) is 18.2. The standard InChI is InChI=1S/C21H21N3O4/c1-13-3-2-4-14(9-13)24-21-18-16(22-12-23-21)10-17(28-15-5-6-25-11-15)19-20(18)27-8-7-26-19/h2-4,9-10,12,15H,5-8,11H2,1H3,(H,22,23,24). The van der Waals surface area contributed by atoms with Gasteiger partial charge in [-0.05, 0) is 24.6 Å². The number of benzene rings is 2. The maximum Gasteiger partial charge on any atom is 0.204 e. The van der Waals surface area contributed by atoms with E-state index in [2.05, 4.69) is 34.3 Å². The summed E-state index contributed by atoms with van der Waals surface area (Å²) in [5.74, 6) is 2.53. The Balaban J connectivity index is 1.60. The molecule has 0 saturated carbocycles. The molecule has 1 fully saturated rings. The summed E-state index contributed by atoms with van der Waals surface area (Å²) in [5, 5.41) is 4.17.